The maximum absolute atomic E-state index is 13.8. The van der Waals surface area contributed by atoms with Gasteiger partial charge in [-0.05, 0) is 30.9 Å². The molecule has 0 saturated heterocycles. The lowest BCUT2D eigenvalue weighted by atomic mass is 10.0. The lowest BCUT2D eigenvalue weighted by molar-refractivity contribution is -0.140. The average molecular weight is 340 g/mol. The van der Waals surface area contributed by atoms with Crippen molar-refractivity contribution >= 4 is 23.8 Å². The van der Waals surface area contributed by atoms with Crippen molar-refractivity contribution in [3.8, 4) is 0 Å². The van der Waals surface area contributed by atoms with Gasteiger partial charge < -0.3 is 15.4 Å². The number of urea groups is 1. The molecule has 0 aromatic heterocycles. The van der Waals surface area contributed by atoms with Gasteiger partial charge in [0, 0.05) is 23.6 Å². The average Bonchev–Trinajstić information content (AvgIpc) is 2.55. The number of rotatable bonds is 6. The van der Waals surface area contributed by atoms with Crippen LogP contribution in [0, 0.1) is 5.82 Å². The number of hydrogen-bond acceptors (Lipinski definition) is 4. The molecule has 0 radical (unpaired) electrons. The van der Waals surface area contributed by atoms with Crippen LogP contribution in [0.1, 0.15) is 37.3 Å². The minimum atomic E-state index is -0.268. The normalized spacial score (nSPS) is 16.3. The van der Waals surface area contributed by atoms with Crippen molar-refractivity contribution in [2.75, 3.05) is 19.4 Å². The zero-order chi connectivity index (χ0) is 16.7. The summed E-state index contributed by atoms with van der Waals surface area (Å²) in [5.74, 6) is 0.299. The molecule has 1 aliphatic heterocycles. The van der Waals surface area contributed by atoms with Gasteiger partial charge >= 0.3 is 12.0 Å². The van der Waals surface area contributed by atoms with Gasteiger partial charge in [-0.2, -0.15) is 0 Å². The molecule has 1 heterocycles. The number of hydrogen-bond donors (Lipinski definition) is 2. The van der Waals surface area contributed by atoms with Crippen molar-refractivity contribution in [1.82, 2.24) is 10.6 Å². The Balaban J connectivity index is 1.76. The van der Waals surface area contributed by atoms with Gasteiger partial charge in [0.2, 0.25) is 0 Å². The number of benzene rings is 1. The van der Waals surface area contributed by atoms with E-state index in [-0.39, 0.29) is 23.9 Å². The Bertz CT molecular complexity index is 568. The van der Waals surface area contributed by atoms with E-state index in [2.05, 4.69) is 15.4 Å². The number of carbonyl (C=O) groups excluding carboxylic acids is 2. The van der Waals surface area contributed by atoms with Crippen LogP contribution in [0.4, 0.5) is 9.18 Å². The van der Waals surface area contributed by atoms with E-state index in [0.29, 0.717) is 30.7 Å². The van der Waals surface area contributed by atoms with Crippen LogP contribution in [0.2, 0.25) is 0 Å². The molecule has 0 fully saturated rings. The van der Waals surface area contributed by atoms with E-state index in [1.165, 1.54) is 24.9 Å². The summed E-state index contributed by atoms with van der Waals surface area (Å²) in [6, 6.07) is 4.52. The summed E-state index contributed by atoms with van der Waals surface area (Å²) in [5, 5.41) is 5.66. The molecule has 0 bridgehead atoms. The van der Waals surface area contributed by atoms with Gasteiger partial charge in [0.25, 0.3) is 0 Å². The molecule has 1 aromatic carbocycles. The van der Waals surface area contributed by atoms with Crippen molar-refractivity contribution in [3.05, 3.63) is 29.6 Å². The first-order valence-electron chi connectivity index (χ1n) is 7.64. The van der Waals surface area contributed by atoms with Crippen molar-refractivity contribution in [1.29, 1.82) is 0 Å². The quantitative estimate of drug-likeness (QED) is 0.617. The highest BCUT2D eigenvalue weighted by atomic mass is 32.2. The fraction of sp³-hybridized carbons (Fsp3) is 0.500. The van der Waals surface area contributed by atoms with Gasteiger partial charge in [-0.25, -0.2) is 9.18 Å². The van der Waals surface area contributed by atoms with Gasteiger partial charge in [-0.3, -0.25) is 4.79 Å². The molecular formula is C16H21FN2O3S. The molecule has 1 atom stereocenters. The number of halogens is 1. The molecule has 1 aromatic rings. The first-order valence-corrected chi connectivity index (χ1v) is 8.62. The monoisotopic (exact) mass is 340 g/mol. The minimum Gasteiger partial charge on any atom is -0.469 e. The number of nitrogens with one attached hydrogen (secondary N) is 2. The molecular weight excluding hydrogens is 319 g/mol. The van der Waals surface area contributed by atoms with Gasteiger partial charge in [-0.1, -0.05) is 12.1 Å². The number of thioether (sulfide) groups is 1. The van der Waals surface area contributed by atoms with Crippen LogP contribution in [0.25, 0.3) is 0 Å². The summed E-state index contributed by atoms with van der Waals surface area (Å²) >= 11 is 1.48. The van der Waals surface area contributed by atoms with Gasteiger partial charge in [0.1, 0.15) is 5.82 Å². The molecule has 1 aliphatic rings. The zero-order valence-corrected chi connectivity index (χ0v) is 13.9. The summed E-state index contributed by atoms with van der Waals surface area (Å²) in [5.41, 5.74) is 0.835. The summed E-state index contributed by atoms with van der Waals surface area (Å²) in [6.45, 7) is 0.486. The second-order valence-electron chi connectivity index (χ2n) is 5.28. The van der Waals surface area contributed by atoms with Crippen molar-refractivity contribution in [2.45, 2.75) is 36.6 Å². The zero-order valence-electron chi connectivity index (χ0n) is 13.1. The Morgan fingerprint density at radius 2 is 2.22 bits per heavy atom. The largest absolute Gasteiger partial charge is 0.469 e. The van der Waals surface area contributed by atoms with Crippen LogP contribution in [0.15, 0.2) is 23.1 Å². The third kappa shape index (κ3) is 5.13. The third-order valence-electron chi connectivity index (χ3n) is 3.65. The van der Waals surface area contributed by atoms with Crippen LogP contribution in [-0.4, -0.2) is 31.4 Å². The molecule has 2 rings (SSSR count). The summed E-state index contributed by atoms with van der Waals surface area (Å²) in [6.07, 6.45) is 2.50. The highest BCUT2D eigenvalue weighted by molar-refractivity contribution is 7.99. The number of methoxy groups -OCH3 is 1. The first kappa shape index (κ1) is 17.6. The van der Waals surface area contributed by atoms with E-state index in [4.69, 9.17) is 0 Å². The number of ether oxygens (including phenoxy) is 1. The van der Waals surface area contributed by atoms with E-state index in [0.717, 1.165) is 17.7 Å². The minimum absolute atomic E-state index is 0.169. The summed E-state index contributed by atoms with van der Waals surface area (Å²) in [7, 11) is 1.36. The van der Waals surface area contributed by atoms with Crippen molar-refractivity contribution < 1.29 is 18.7 Å². The van der Waals surface area contributed by atoms with Crippen molar-refractivity contribution in [3.63, 3.8) is 0 Å². The molecule has 0 aliphatic carbocycles. The van der Waals surface area contributed by atoms with Crippen LogP contribution in [0.3, 0.4) is 0 Å². The molecule has 0 spiro atoms. The number of amides is 2. The number of unbranched alkanes of at least 4 members (excludes halogenated alkanes) is 1. The van der Waals surface area contributed by atoms with Crippen LogP contribution in [-0.2, 0) is 9.53 Å². The van der Waals surface area contributed by atoms with Crippen molar-refractivity contribution in [2.24, 2.45) is 0 Å². The van der Waals surface area contributed by atoms with E-state index < -0.39 is 0 Å². The summed E-state index contributed by atoms with van der Waals surface area (Å²) in [4.78, 5) is 23.5. The smallest absolute Gasteiger partial charge is 0.315 e. The van der Waals surface area contributed by atoms with Crippen LogP contribution in [0.5, 0.6) is 0 Å². The Morgan fingerprint density at radius 1 is 1.39 bits per heavy atom. The lowest BCUT2D eigenvalue weighted by Crippen LogP contribution is -2.39. The highest BCUT2D eigenvalue weighted by Crippen LogP contribution is 2.37. The molecule has 5 nitrogen and oxygen atoms in total. The van der Waals surface area contributed by atoms with Gasteiger partial charge in [0.15, 0.2) is 0 Å². The molecule has 23 heavy (non-hydrogen) atoms. The second-order valence-corrected chi connectivity index (χ2v) is 6.39. The first-order chi connectivity index (χ1) is 11.1. The lowest BCUT2D eigenvalue weighted by Gasteiger charge is -2.26. The number of fused-ring (bicyclic) bond motifs is 1. The van der Waals surface area contributed by atoms with Crippen LogP contribution >= 0.6 is 11.8 Å². The highest BCUT2D eigenvalue weighted by Gasteiger charge is 2.24. The predicted octanol–water partition coefficient (Wildman–Crippen LogP) is 3.01. The standard InChI is InChI=1S/C16H21FN2O3S/c1-22-14(20)7-2-3-9-18-16(21)19-13-8-10-23-15-11(13)5-4-6-12(15)17/h4-6,13H,2-3,7-10H2,1H3,(H2,18,19,21). The molecule has 2 N–H and O–H groups in total. The maximum atomic E-state index is 13.8. The molecule has 1 unspecified atom stereocenters. The fourth-order valence-corrected chi connectivity index (χ4v) is 3.58. The number of esters is 1. The third-order valence-corrected chi connectivity index (χ3v) is 4.81. The van der Waals surface area contributed by atoms with E-state index in [1.807, 2.05) is 6.07 Å². The Morgan fingerprint density at radius 3 is 3.00 bits per heavy atom. The van der Waals surface area contributed by atoms with Gasteiger partial charge in [0.05, 0.1) is 13.2 Å². The number of carbonyl (C=O) groups is 2. The molecule has 126 valence electrons. The Hall–Kier alpha value is -1.76. The molecule has 7 heteroatoms. The second kappa shape index (κ2) is 8.76. The Kier molecular flexibility index (Phi) is 6.70. The SMILES string of the molecule is COC(=O)CCCCNC(=O)NC1CCSc2c(F)cccc21. The molecule has 0 saturated carbocycles. The van der Waals surface area contributed by atoms with E-state index in [9.17, 15) is 14.0 Å². The van der Waals surface area contributed by atoms with E-state index >= 15 is 0 Å². The summed E-state index contributed by atoms with van der Waals surface area (Å²) < 4.78 is 18.3. The maximum Gasteiger partial charge on any atom is 0.315 e. The predicted molar refractivity (Wildman–Crippen MR) is 86.9 cm³/mol. The van der Waals surface area contributed by atoms with E-state index in [1.54, 1.807) is 6.07 Å². The fourth-order valence-electron chi connectivity index (χ4n) is 2.44. The topological polar surface area (TPSA) is 67.4 Å². The van der Waals surface area contributed by atoms with Crippen LogP contribution < -0.4 is 10.6 Å². The molecule has 2 amide bonds. The Labute approximate surface area is 139 Å². The van der Waals surface area contributed by atoms with Gasteiger partial charge in [-0.15, -0.1) is 11.8 Å².